The second kappa shape index (κ2) is 7.04. The minimum Gasteiger partial charge on any atom is -0.507 e. The highest BCUT2D eigenvalue weighted by Gasteiger charge is 2.11. The van der Waals surface area contributed by atoms with E-state index in [2.05, 4.69) is 4.98 Å². The van der Waals surface area contributed by atoms with E-state index >= 15 is 0 Å². The van der Waals surface area contributed by atoms with Crippen molar-refractivity contribution in [3.8, 4) is 16.9 Å². The summed E-state index contributed by atoms with van der Waals surface area (Å²) in [4.78, 5) is 13.2. The van der Waals surface area contributed by atoms with Gasteiger partial charge in [-0.25, -0.2) is 8.78 Å². The maximum atomic E-state index is 13.4. The van der Waals surface area contributed by atoms with Gasteiger partial charge in [-0.2, -0.15) is 0 Å². The number of aromatic hydroxyl groups is 1. The van der Waals surface area contributed by atoms with Gasteiger partial charge in [0.1, 0.15) is 17.4 Å². The minimum absolute atomic E-state index is 0.103. The highest BCUT2D eigenvalue weighted by Crippen LogP contribution is 2.34. The van der Waals surface area contributed by atoms with Crippen LogP contribution in [0, 0.1) is 18.6 Å². The molecular weight excluding hydrogens is 316 g/mol. The molecule has 0 bridgehead atoms. The number of carbonyl (C=O) groups is 1. The number of benzene rings is 2. The summed E-state index contributed by atoms with van der Waals surface area (Å²) in [6, 6.07) is 8.91. The van der Waals surface area contributed by atoms with E-state index in [0.717, 1.165) is 12.3 Å². The summed E-state index contributed by atoms with van der Waals surface area (Å²) in [6.45, 7) is 2.60. The molecule has 0 fully saturated rings. The zero-order chi connectivity index (χ0) is 17.9. The molecule has 0 saturated carbocycles. The molecule has 0 unspecified atom stereocenters. The minimum atomic E-state index is -0.833. The van der Waals surface area contributed by atoms with Crippen LogP contribution in [0.15, 0.2) is 42.6 Å². The van der Waals surface area contributed by atoms with E-state index in [1.165, 1.54) is 37.4 Å². The van der Waals surface area contributed by atoms with Gasteiger partial charge in [-0.05, 0) is 37.3 Å². The average Bonchev–Trinajstić information content (AvgIpc) is 2.52. The van der Waals surface area contributed by atoms with Gasteiger partial charge in [-0.1, -0.05) is 0 Å². The Hall–Kier alpha value is -3.02. The zero-order valence-electron chi connectivity index (χ0n) is 13.0. The molecule has 124 valence electrons. The number of aromatic nitrogens is 1. The number of rotatable bonds is 1. The van der Waals surface area contributed by atoms with Crippen LogP contribution in [0.4, 0.5) is 8.78 Å². The Morgan fingerprint density at radius 1 is 1.12 bits per heavy atom. The first-order chi connectivity index (χ1) is 11.3. The third-order valence-electron chi connectivity index (χ3n) is 3.32. The van der Waals surface area contributed by atoms with Crippen LogP contribution in [0.3, 0.4) is 0 Å². The van der Waals surface area contributed by atoms with E-state index < -0.39 is 11.8 Å². The van der Waals surface area contributed by atoms with Crippen molar-refractivity contribution in [3.63, 3.8) is 0 Å². The number of pyridine rings is 1. The molecule has 0 aliphatic heterocycles. The lowest BCUT2D eigenvalue weighted by Gasteiger charge is -2.09. The molecule has 0 spiro atoms. The van der Waals surface area contributed by atoms with E-state index in [1.54, 1.807) is 12.1 Å². The van der Waals surface area contributed by atoms with Crippen molar-refractivity contribution in [1.29, 1.82) is 0 Å². The highest BCUT2D eigenvalue weighted by atomic mass is 19.1. The topological polar surface area (TPSA) is 70.4 Å². The summed E-state index contributed by atoms with van der Waals surface area (Å²) in [5, 5.41) is 18.2. The van der Waals surface area contributed by atoms with Crippen LogP contribution >= 0.6 is 0 Å². The second-order valence-corrected chi connectivity index (χ2v) is 5.15. The van der Waals surface area contributed by atoms with Crippen LogP contribution in [0.2, 0.25) is 0 Å². The van der Waals surface area contributed by atoms with Gasteiger partial charge in [0.25, 0.3) is 5.97 Å². The molecule has 0 aliphatic rings. The van der Waals surface area contributed by atoms with E-state index in [4.69, 9.17) is 9.90 Å². The Bertz CT molecular complexity index is 906. The third kappa shape index (κ3) is 3.84. The summed E-state index contributed by atoms with van der Waals surface area (Å²) in [5.41, 5.74) is 1.89. The zero-order valence-corrected chi connectivity index (χ0v) is 13.0. The second-order valence-electron chi connectivity index (χ2n) is 5.15. The van der Waals surface area contributed by atoms with Crippen molar-refractivity contribution in [2.24, 2.45) is 0 Å². The van der Waals surface area contributed by atoms with E-state index in [-0.39, 0.29) is 17.1 Å². The number of carboxylic acid groups (broad SMARTS) is 1. The Labute approximate surface area is 137 Å². The first-order valence-electron chi connectivity index (χ1n) is 7.03. The van der Waals surface area contributed by atoms with E-state index in [9.17, 15) is 13.9 Å². The van der Waals surface area contributed by atoms with Gasteiger partial charge in [0.15, 0.2) is 0 Å². The lowest BCUT2D eigenvalue weighted by Crippen LogP contribution is -1.89. The predicted molar refractivity (Wildman–Crippen MR) is 86.8 cm³/mol. The monoisotopic (exact) mass is 331 g/mol. The Morgan fingerprint density at radius 3 is 2.46 bits per heavy atom. The van der Waals surface area contributed by atoms with Crippen molar-refractivity contribution in [3.05, 3.63) is 59.8 Å². The first-order valence-corrected chi connectivity index (χ1v) is 7.03. The summed E-state index contributed by atoms with van der Waals surface area (Å²) < 4.78 is 26.5. The first kappa shape index (κ1) is 17.3. The quantitative estimate of drug-likeness (QED) is 0.698. The smallest absolute Gasteiger partial charge is 0.300 e. The van der Waals surface area contributed by atoms with Crippen LogP contribution in [-0.2, 0) is 4.79 Å². The number of hydrogen-bond donors (Lipinski definition) is 2. The SMILES string of the molecule is CC(=O)O.Cc1c(F)ccc(-c2cnc3cc(F)ccc3c2)c1O. The van der Waals surface area contributed by atoms with Crippen LogP contribution in [0.1, 0.15) is 12.5 Å². The number of phenolic OH excluding ortho intramolecular Hbond substituents is 1. The van der Waals surface area contributed by atoms with Crippen LogP contribution in [0.5, 0.6) is 5.75 Å². The lowest BCUT2D eigenvalue weighted by molar-refractivity contribution is -0.134. The number of fused-ring (bicyclic) bond motifs is 1. The number of nitrogens with zero attached hydrogens (tertiary/aromatic N) is 1. The molecule has 4 nitrogen and oxygen atoms in total. The van der Waals surface area contributed by atoms with Gasteiger partial charge in [-0.3, -0.25) is 9.78 Å². The molecular formula is C18H15F2NO3. The van der Waals surface area contributed by atoms with E-state index in [0.29, 0.717) is 16.6 Å². The molecule has 0 aliphatic carbocycles. The fourth-order valence-corrected chi connectivity index (χ4v) is 2.15. The van der Waals surface area contributed by atoms with Crippen molar-refractivity contribution in [2.45, 2.75) is 13.8 Å². The Balaban J connectivity index is 0.000000471. The van der Waals surface area contributed by atoms with Crippen LogP contribution < -0.4 is 0 Å². The average molecular weight is 331 g/mol. The Morgan fingerprint density at radius 2 is 1.79 bits per heavy atom. The molecule has 0 saturated heterocycles. The highest BCUT2D eigenvalue weighted by molar-refractivity contribution is 5.85. The number of phenols is 1. The molecule has 1 heterocycles. The summed E-state index contributed by atoms with van der Waals surface area (Å²) in [6.07, 6.45) is 1.54. The maximum absolute atomic E-state index is 13.4. The van der Waals surface area contributed by atoms with Gasteiger partial charge < -0.3 is 10.2 Å². The fraction of sp³-hybridized carbons (Fsp3) is 0.111. The molecule has 3 rings (SSSR count). The Kier molecular flexibility index (Phi) is 5.08. The summed E-state index contributed by atoms with van der Waals surface area (Å²) in [7, 11) is 0. The van der Waals surface area contributed by atoms with Crippen LogP contribution in [0.25, 0.3) is 22.0 Å². The fourth-order valence-electron chi connectivity index (χ4n) is 2.15. The maximum Gasteiger partial charge on any atom is 0.300 e. The number of aliphatic carboxylic acids is 1. The van der Waals surface area contributed by atoms with Gasteiger partial charge in [0.05, 0.1) is 5.52 Å². The molecule has 6 heteroatoms. The van der Waals surface area contributed by atoms with Crippen LogP contribution in [-0.4, -0.2) is 21.2 Å². The van der Waals surface area contributed by atoms with Crippen molar-refractivity contribution in [1.82, 2.24) is 4.98 Å². The lowest BCUT2D eigenvalue weighted by atomic mass is 10.0. The number of halogens is 2. The molecule has 0 radical (unpaired) electrons. The summed E-state index contributed by atoms with van der Waals surface area (Å²) >= 11 is 0. The standard InChI is InChI=1S/C16H11F2NO.C2H4O2/c1-9-14(18)5-4-13(16(9)20)11-6-10-2-3-12(17)7-15(10)19-8-11;1-2(3)4/h2-8,20H,1H3;1H3,(H,3,4). The van der Waals surface area contributed by atoms with Crippen molar-refractivity contribution >= 4 is 16.9 Å². The number of carboxylic acids is 1. The van der Waals surface area contributed by atoms with Gasteiger partial charge in [-0.15, -0.1) is 0 Å². The largest absolute Gasteiger partial charge is 0.507 e. The van der Waals surface area contributed by atoms with Crippen molar-refractivity contribution < 1.29 is 23.8 Å². The molecule has 0 atom stereocenters. The molecule has 2 N–H and O–H groups in total. The normalized spacial score (nSPS) is 10.2. The third-order valence-corrected chi connectivity index (χ3v) is 3.32. The number of hydrogen-bond acceptors (Lipinski definition) is 3. The van der Waals surface area contributed by atoms with Crippen molar-refractivity contribution in [2.75, 3.05) is 0 Å². The molecule has 1 aromatic heterocycles. The predicted octanol–water partition coefficient (Wildman–Crippen LogP) is 4.28. The molecule has 3 aromatic rings. The van der Waals surface area contributed by atoms with Gasteiger partial charge >= 0.3 is 0 Å². The van der Waals surface area contributed by atoms with E-state index in [1.807, 2.05) is 0 Å². The van der Waals surface area contributed by atoms with Gasteiger partial charge in [0.2, 0.25) is 0 Å². The summed E-state index contributed by atoms with van der Waals surface area (Å²) in [5.74, 6) is -1.74. The molecule has 0 amide bonds. The molecule has 2 aromatic carbocycles. The molecule has 24 heavy (non-hydrogen) atoms. The van der Waals surface area contributed by atoms with Gasteiger partial charge in [0, 0.05) is 41.3 Å².